The monoisotopic (exact) mass is 397 g/mol. The number of halogens is 2. The molecule has 23 heavy (non-hydrogen) atoms. The Kier molecular flexibility index (Phi) is 5.68. The molecule has 4 nitrogen and oxygen atoms in total. The number of benzene rings is 2. The van der Waals surface area contributed by atoms with Crippen LogP contribution in [0.5, 0.6) is 5.75 Å². The molecule has 0 fully saturated rings. The van der Waals surface area contributed by atoms with Gasteiger partial charge in [0.25, 0.3) is 5.91 Å². The quantitative estimate of drug-likeness (QED) is 0.794. The standard InChI is InChI=1S/C17H17BrClNO3/c1-11-9-13(5-8-15(11)18)20-16(21)17(2,22)10-23-14-6-3-12(19)4-7-14/h3-9,22H,10H2,1-2H3,(H,20,21). The number of nitrogens with one attached hydrogen (secondary N) is 1. The predicted octanol–water partition coefficient (Wildman–Crippen LogP) is 4.18. The van der Waals surface area contributed by atoms with Crippen molar-refractivity contribution in [3.8, 4) is 5.75 Å². The van der Waals surface area contributed by atoms with Gasteiger partial charge in [-0.2, -0.15) is 0 Å². The van der Waals surface area contributed by atoms with Crippen LogP contribution in [0.1, 0.15) is 12.5 Å². The minimum absolute atomic E-state index is 0.171. The lowest BCUT2D eigenvalue weighted by Gasteiger charge is -2.22. The number of rotatable bonds is 5. The van der Waals surface area contributed by atoms with Crippen molar-refractivity contribution in [3.05, 3.63) is 57.5 Å². The highest BCUT2D eigenvalue weighted by atomic mass is 79.9. The van der Waals surface area contributed by atoms with E-state index in [4.69, 9.17) is 16.3 Å². The van der Waals surface area contributed by atoms with E-state index in [1.54, 1.807) is 30.3 Å². The lowest BCUT2D eigenvalue weighted by molar-refractivity contribution is -0.135. The van der Waals surface area contributed by atoms with Crippen LogP contribution in [0.3, 0.4) is 0 Å². The van der Waals surface area contributed by atoms with Crippen molar-refractivity contribution in [2.24, 2.45) is 0 Å². The molecular formula is C17H17BrClNO3. The van der Waals surface area contributed by atoms with E-state index in [2.05, 4.69) is 21.2 Å². The zero-order chi connectivity index (χ0) is 17.0. The average Bonchev–Trinajstić information content (AvgIpc) is 2.50. The van der Waals surface area contributed by atoms with Gasteiger partial charge < -0.3 is 15.2 Å². The van der Waals surface area contributed by atoms with Crippen molar-refractivity contribution in [2.75, 3.05) is 11.9 Å². The smallest absolute Gasteiger partial charge is 0.259 e. The van der Waals surface area contributed by atoms with E-state index in [-0.39, 0.29) is 6.61 Å². The Morgan fingerprint density at radius 2 is 1.96 bits per heavy atom. The van der Waals surface area contributed by atoms with E-state index in [0.717, 1.165) is 10.0 Å². The average molecular weight is 399 g/mol. The zero-order valence-electron chi connectivity index (χ0n) is 12.8. The molecule has 0 aliphatic carbocycles. The molecule has 0 radical (unpaired) electrons. The summed E-state index contributed by atoms with van der Waals surface area (Å²) in [5, 5.41) is 13.6. The normalized spacial score (nSPS) is 13.3. The van der Waals surface area contributed by atoms with Crippen molar-refractivity contribution < 1.29 is 14.6 Å². The number of ether oxygens (including phenoxy) is 1. The molecule has 122 valence electrons. The lowest BCUT2D eigenvalue weighted by Crippen LogP contribution is -2.45. The van der Waals surface area contributed by atoms with Gasteiger partial charge in [-0.1, -0.05) is 27.5 Å². The molecule has 0 aliphatic heterocycles. The maximum absolute atomic E-state index is 12.2. The fourth-order valence-corrected chi connectivity index (χ4v) is 2.18. The van der Waals surface area contributed by atoms with Crippen molar-refractivity contribution in [3.63, 3.8) is 0 Å². The topological polar surface area (TPSA) is 58.6 Å². The molecule has 2 aromatic carbocycles. The number of hydrogen-bond donors (Lipinski definition) is 2. The summed E-state index contributed by atoms with van der Waals surface area (Å²) in [5.74, 6) is -0.00449. The summed E-state index contributed by atoms with van der Waals surface area (Å²) >= 11 is 9.19. The fourth-order valence-electron chi connectivity index (χ4n) is 1.81. The summed E-state index contributed by atoms with van der Waals surface area (Å²) in [7, 11) is 0. The van der Waals surface area contributed by atoms with Crippen LogP contribution in [-0.4, -0.2) is 23.2 Å². The molecule has 0 saturated heterocycles. The Bertz CT molecular complexity index is 701. The number of carbonyl (C=O) groups is 1. The van der Waals surface area contributed by atoms with Crippen LogP contribution in [0.15, 0.2) is 46.9 Å². The van der Waals surface area contributed by atoms with Crippen LogP contribution >= 0.6 is 27.5 Å². The van der Waals surface area contributed by atoms with Gasteiger partial charge in [0.05, 0.1) is 0 Å². The van der Waals surface area contributed by atoms with E-state index >= 15 is 0 Å². The van der Waals surface area contributed by atoms with E-state index in [0.29, 0.717) is 16.5 Å². The second-order valence-corrected chi connectivity index (χ2v) is 6.73. The van der Waals surface area contributed by atoms with E-state index < -0.39 is 11.5 Å². The maximum atomic E-state index is 12.2. The summed E-state index contributed by atoms with van der Waals surface area (Å²) in [6.45, 7) is 3.15. The Morgan fingerprint density at radius 1 is 1.30 bits per heavy atom. The third-order valence-corrected chi connectivity index (χ3v) is 4.38. The minimum atomic E-state index is -1.67. The molecule has 2 N–H and O–H groups in total. The number of carbonyl (C=O) groups excluding carboxylic acids is 1. The van der Waals surface area contributed by atoms with E-state index in [1.165, 1.54) is 6.92 Å². The third-order valence-electron chi connectivity index (χ3n) is 3.24. The van der Waals surface area contributed by atoms with Gasteiger partial charge in [0.2, 0.25) is 0 Å². The highest BCUT2D eigenvalue weighted by molar-refractivity contribution is 9.10. The summed E-state index contributed by atoms with van der Waals surface area (Å²) in [4.78, 5) is 12.2. The van der Waals surface area contributed by atoms with Crippen LogP contribution in [0, 0.1) is 6.92 Å². The number of aliphatic hydroxyl groups is 1. The molecule has 1 unspecified atom stereocenters. The largest absolute Gasteiger partial charge is 0.490 e. The van der Waals surface area contributed by atoms with E-state index in [1.807, 2.05) is 19.1 Å². The van der Waals surface area contributed by atoms with Gasteiger partial charge in [-0.25, -0.2) is 0 Å². The highest BCUT2D eigenvalue weighted by Crippen LogP contribution is 2.21. The molecule has 0 aromatic heterocycles. The van der Waals surface area contributed by atoms with Gasteiger partial charge in [0.15, 0.2) is 5.60 Å². The summed E-state index contributed by atoms with van der Waals surface area (Å²) in [6.07, 6.45) is 0. The van der Waals surface area contributed by atoms with Crippen LogP contribution in [0.2, 0.25) is 5.02 Å². The second kappa shape index (κ2) is 7.34. The predicted molar refractivity (Wildman–Crippen MR) is 95.1 cm³/mol. The van der Waals surface area contributed by atoms with Gasteiger partial charge in [0, 0.05) is 15.2 Å². The molecule has 1 amide bonds. The number of anilines is 1. The minimum Gasteiger partial charge on any atom is -0.490 e. The molecule has 2 rings (SSSR count). The van der Waals surface area contributed by atoms with Crippen molar-refractivity contribution in [1.29, 1.82) is 0 Å². The van der Waals surface area contributed by atoms with Crippen molar-refractivity contribution >= 4 is 39.1 Å². The Balaban J connectivity index is 1.98. The SMILES string of the molecule is Cc1cc(NC(=O)C(C)(O)COc2ccc(Cl)cc2)ccc1Br. The molecule has 1 atom stereocenters. The van der Waals surface area contributed by atoms with Crippen LogP contribution in [0.25, 0.3) is 0 Å². The van der Waals surface area contributed by atoms with Crippen molar-refractivity contribution in [1.82, 2.24) is 0 Å². The molecule has 6 heteroatoms. The van der Waals surface area contributed by atoms with Gasteiger partial charge in [-0.3, -0.25) is 4.79 Å². The first-order valence-electron chi connectivity index (χ1n) is 6.96. The van der Waals surface area contributed by atoms with Crippen LogP contribution in [-0.2, 0) is 4.79 Å². The van der Waals surface area contributed by atoms with Crippen LogP contribution < -0.4 is 10.1 Å². The Hall–Kier alpha value is -1.56. The Morgan fingerprint density at radius 3 is 2.57 bits per heavy atom. The number of amides is 1. The summed E-state index contributed by atoms with van der Waals surface area (Å²) in [6, 6.07) is 12.1. The molecule has 0 aliphatic rings. The molecule has 0 spiro atoms. The van der Waals surface area contributed by atoms with Gasteiger partial charge in [-0.15, -0.1) is 0 Å². The van der Waals surface area contributed by atoms with E-state index in [9.17, 15) is 9.90 Å². The third kappa shape index (κ3) is 4.96. The highest BCUT2D eigenvalue weighted by Gasteiger charge is 2.31. The molecule has 0 heterocycles. The molecule has 2 aromatic rings. The second-order valence-electron chi connectivity index (χ2n) is 5.43. The molecule has 0 saturated carbocycles. The fraction of sp³-hybridized carbons (Fsp3) is 0.235. The zero-order valence-corrected chi connectivity index (χ0v) is 15.1. The number of hydrogen-bond acceptors (Lipinski definition) is 3. The lowest BCUT2D eigenvalue weighted by atomic mass is 10.1. The Labute approximate surface area is 148 Å². The van der Waals surface area contributed by atoms with Gasteiger partial charge >= 0.3 is 0 Å². The van der Waals surface area contributed by atoms with Crippen LogP contribution in [0.4, 0.5) is 5.69 Å². The van der Waals surface area contributed by atoms with Gasteiger partial charge in [0.1, 0.15) is 12.4 Å². The molecule has 0 bridgehead atoms. The first kappa shape index (κ1) is 17.8. The first-order valence-corrected chi connectivity index (χ1v) is 8.13. The summed E-state index contributed by atoms with van der Waals surface area (Å²) in [5.41, 5.74) is -0.0667. The molecular weight excluding hydrogens is 382 g/mol. The summed E-state index contributed by atoms with van der Waals surface area (Å²) < 4.78 is 6.40. The van der Waals surface area contributed by atoms with Crippen molar-refractivity contribution in [2.45, 2.75) is 19.4 Å². The first-order chi connectivity index (χ1) is 10.8. The number of aryl methyl sites for hydroxylation is 1. The maximum Gasteiger partial charge on any atom is 0.259 e. The van der Waals surface area contributed by atoms with Gasteiger partial charge in [-0.05, 0) is 61.9 Å².